The lowest BCUT2D eigenvalue weighted by atomic mass is 10.1. The number of para-hydroxylation sites is 1. The normalized spacial score (nSPS) is 13.2. The van der Waals surface area contributed by atoms with Crippen molar-refractivity contribution in [3.05, 3.63) is 29.8 Å². The molecule has 0 fully saturated rings. The van der Waals surface area contributed by atoms with Crippen LogP contribution in [0.4, 0.5) is 0 Å². The Morgan fingerprint density at radius 2 is 1.43 bits per heavy atom. The fraction of sp³-hybridized carbons (Fsp3) is 0.714. The number of benzene rings is 1. The first-order chi connectivity index (χ1) is 10.5. The van der Waals surface area contributed by atoms with Crippen molar-refractivity contribution in [2.45, 2.75) is 97.2 Å². The van der Waals surface area contributed by atoms with E-state index in [2.05, 4.69) is 79.3 Å². The van der Waals surface area contributed by atoms with Crippen LogP contribution in [0.5, 0.6) is 5.75 Å². The Kier molecular flexibility index (Phi) is 6.94. The smallest absolute Gasteiger partial charge is 0.258 e. The van der Waals surface area contributed by atoms with Crippen molar-refractivity contribution in [1.82, 2.24) is 0 Å². The molecule has 0 aliphatic rings. The van der Waals surface area contributed by atoms with Crippen molar-refractivity contribution in [3.8, 4) is 5.75 Å². The van der Waals surface area contributed by atoms with Gasteiger partial charge in [-0.25, -0.2) is 0 Å². The molecule has 1 aromatic rings. The van der Waals surface area contributed by atoms with Crippen LogP contribution in [0.15, 0.2) is 24.3 Å². The van der Waals surface area contributed by atoms with Crippen molar-refractivity contribution in [2.75, 3.05) is 0 Å². The van der Waals surface area contributed by atoms with E-state index in [1.807, 2.05) is 0 Å². The third-order valence-corrected chi connectivity index (χ3v) is 11.8. The maximum Gasteiger partial charge on any atom is 0.258 e. The van der Waals surface area contributed by atoms with Gasteiger partial charge in [-0.05, 0) is 41.1 Å². The van der Waals surface area contributed by atoms with E-state index in [4.69, 9.17) is 4.43 Å². The number of rotatable bonds is 7. The summed E-state index contributed by atoms with van der Waals surface area (Å²) in [6.45, 7) is 18.7. The molecule has 0 spiro atoms. The van der Waals surface area contributed by atoms with Crippen molar-refractivity contribution in [1.29, 1.82) is 0 Å². The molecule has 0 aliphatic heterocycles. The molecule has 132 valence electrons. The van der Waals surface area contributed by atoms with Crippen molar-refractivity contribution >= 4 is 8.32 Å². The van der Waals surface area contributed by atoms with Gasteiger partial charge in [0.2, 0.25) is 0 Å². The van der Waals surface area contributed by atoms with Gasteiger partial charge < -0.3 is 4.43 Å². The monoisotopic (exact) mass is 334 g/mol. The van der Waals surface area contributed by atoms with Crippen LogP contribution in [0.3, 0.4) is 0 Å². The zero-order valence-electron chi connectivity index (χ0n) is 16.8. The number of aryl methyl sites for hydroxylation is 1. The molecule has 0 radical (unpaired) electrons. The van der Waals surface area contributed by atoms with Crippen molar-refractivity contribution in [2.24, 2.45) is 0 Å². The SMILES string of the molecule is CCCCCCc1ccccc1O[Si](C)(C(C)(C)C)C(C)(C)C. The van der Waals surface area contributed by atoms with Gasteiger partial charge in [0.1, 0.15) is 5.75 Å². The average molecular weight is 335 g/mol. The van der Waals surface area contributed by atoms with Gasteiger partial charge in [0.05, 0.1) is 0 Å². The van der Waals surface area contributed by atoms with Gasteiger partial charge in [-0.15, -0.1) is 0 Å². The molecule has 0 amide bonds. The topological polar surface area (TPSA) is 9.23 Å². The highest BCUT2D eigenvalue weighted by Crippen LogP contribution is 2.51. The van der Waals surface area contributed by atoms with E-state index in [1.165, 1.54) is 31.2 Å². The summed E-state index contributed by atoms with van der Waals surface area (Å²) in [7, 11) is -1.98. The molecule has 0 N–H and O–H groups in total. The lowest BCUT2D eigenvalue weighted by Gasteiger charge is -2.48. The summed E-state index contributed by atoms with van der Waals surface area (Å²) in [5, 5.41) is 0.390. The minimum absolute atomic E-state index is 0.195. The van der Waals surface area contributed by atoms with Gasteiger partial charge in [0.25, 0.3) is 8.32 Å². The van der Waals surface area contributed by atoms with Crippen LogP contribution < -0.4 is 4.43 Å². The molecule has 23 heavy (non-hydrogen) atoms. The predicted molar refractivity (Wildman–Crippen MR) is 106 cm³/mol. The van der Waals surface area contributed by atoms with Gasteiger partial charge in [-0.1, -0.05) is 85.9 Å². The molecule has 1 rings (SSSR count). The van der Waals surface area contributed by atoms with E-state index in [1.54, 1.807) is 0 Å². The summed E-state index contributed by atoms with van der Waals surface area (Å²) in [5.41, 5.74) is 1.39. The summed E-state index contributed by atoms with van der Waals surface area (Å²) in [6.07, 6.45) is 6.33. The molecule has 0 atom stereocenters. The van der Waals surface area contributed by atoms with Gasteiger partial charge in [-0.3, -0.25) is 0 Å². The number of hydrogen-bond donors (Lipinski definition) is 0. The van der Waals surface area contributed by atoms with E-state index < -0.39 is 8.32 Å². The van der Waals surface area contributed by atoms with Crippen molar-refractivity contribution in [3.63, 3.8) is 0 Å². The highest BCUT2D eigenvalue weighted by atomic mass is 28.4. The number of unbranched alkanes of at least 4 members (excludes halogenated alkanes) is 3. The molecule has 1 nitrogen and oxygen atoms in total. The van der Waals surface area contributed by atoms with Gasteiger partial charge in [-0.2, -0.15) is 0 Å². The molecular formula is C21H38OSi. The van der Waals surface area contributed by atoms with E-state index >= 15 is 0 Å². The molecule has 0 unspecified atom stereocenters. The zero-order chi connectivity index (χ0) is 17.7. The van der Waals surface area contributed by atoms with Gasteiger partial charge >= 0.3 is 0 Å². The second-order valence-electron chi connectivity index (χ2n) is 9.05. The predicted octanol–water partition coefficient (Wildman–Crippen LogP) is 7.36. The first kappa shape index (κ1) is 20.3. The molecule has 2 heteroatoms. The highest BCUT2D eigenvalue weighted by molar-refractivity contribution is 6.78. The fourth-order valence-electron chi connectivity index (χ4n) is 3.20. The Morgan fingerprint density at radius 1 is 0.870 bits per heavy atom. The maximum absolute atomic E-state index is 6.86. The summed E-state index contributed by atoms with van der Waals surface area (Å²) >= 11 is 0. The first-order valence-corrected chi connectivity index (χ1v) is 11.7. The standard InChI is InChI=1S/C21H38OSi/c1-9-10-11-12-15-18-16-13-14-17-19(18)22-23(8,20(2,3)4)21(5,6)7/h13-14,16-17H,9-12,15H2,1-8H3. The van der Waals surface area contributed by atoms with E-state index in [0.29, 0.717) is 0 Å². The van der Waals surface area contributed by atoms with Crippen molar-refractivity contribution < 1.29 is 4.43 Å². The fourth-order valence-corrected chi connectivity index (χ4v) is 6.70. The minimum Gasteiger partial charge on any atom is -0.543 e. The van der Waals surface area contributed by atoms with E-state index in [0.717, 1.165) is 12.2 Å². The number of hydrogen-bond acceptors (Lipinski definition) is 1. The Morgan fingerprint density at radius 3 is 1.96 bits per heavy atom. The minimum atomic E-state index is -1.98. The molecular weight excluding hydrogens is 296 g/mol. The Labute approximate surface area is 146 Å². The van der Waals surface area contributed by atoms with Crippen LogP contribution in [0.2, 0.25) is 16.6 Å². The lowest BCUT2D eigenvalue weighted by Crippen LogP contribution is -2.54. The molecule has 0 heterocycles. The van der Waals surface area contributed by atoms with Crippen LogP contribution in [0.25, 0.3) is 0 Å². The Balaban J connectivity index is 3.02. The van der Waals surface area contributed by atoms with Gasteiger partial charge in [0.15, 0.2) is 0 Å². The zero-order valence-corrected chi connectivity index (χ0v) is 17.8. The maximum atomic E-state index is 6.86. The lowest BCUT2D eigenvalue weighted by molar-refractivity contribution is 0.426. The molecule has 0 aliphatic carbocycles. The Bertz CT molecular complexity index is 465. The van der Waals surface area contributed by atoms with E-state index in [-0.39, 0.29) is 10.1 Å². The van der Waals surface area contributed by atoms with Gasteiger partial charge in [0, 0.05) is 0 Å². The third-order valence-electron chi connectivity index (χ3n) is 5.45. The van der Waals surface area contributed by atoms with Crippen LogP contribution in [-0.4, -0.2) is 8.32 Å². The Hall–Kier alpha value is -0.763. The first-order valence-electron chi connectivity index (χ1n) is 9.30. The average Bonchev–Trinajstić information content (AvgIpc) is 2.42. The highest BCUT2D eigenvalue weighted by Gasteiger charge is 2.53. The molecule has 1 aromatic carbocycles. The van der Waals surface area contributed by atoms with Crippen LogP contribution in [0, 0.1) is 0 Å². The third kappa shape index (κ3) is 5.10. The summed E-state index contributed by atoms with van der Waals surface area (Å²) < 4.78 is 6.86. The summed E-state index contributed by atoms with van der Waals surface area (Å²) in [4.78, 5) is 0. The van der Waals surface area contributed by atoms with Crippen LogP contribution in [-0.2, 0) is 6.42 Å². The molecule has 0 saturated carbocycles. The molecule has 0 saturated heterocycles. The largest absolute Gasteiger partial charge is 0.543 e. The second kappa shape index (κ2) is 7.87. The molecule has 0 aromatic heterocycles. The van der Waals surface area contributed by atoms with Crippen LogP contribution in [0.1, 0.15) is 79.7 Å². The summed E-state index contributed by atoms with van der Waals surface area (Å²) in [6, 6.07) is 8.69. The quantitative estimate of drug-likeness (QED) is 0.374. The molecule has 0 bridgehead atoms. The second-order valence-corrected chi connectivity index (χ2v) is 14.3. The summed E-state index contributed by atoms with van der Waals surface area (Å²) in [5.74, 6) is 1.13. The van der Waals surface area contributed by atoms with E-state index in [9.17, 15) is 0 Å². The van der Waals surface area contributed by atoms with Crippen LogP contribution >= 0.6 is 0 Å².